The standard InChI is InChI=1S/C45H50N8O6/c1-28(48-41(54)37(51-43(56)58-3)31-12-7-5-8-13-31)39-46-26-35(49-39)30-21-23-45(2,24-22-30)33-19-17-29(18-20-33)34-27-47-40(50-34)36-16-11-25-53(36)42(55)38(52-44(57)59-4)32-14-9-6-10-15-32/h5-10,12-15,17-21,26-28,36-38H,11,16,22-25H2,1-4H3,(H,46,49)(H,47,50)(H,48,54)(H,51,56)(H,52,57)/t28-,36-,37+,38+,45?/m0/s1. The Bertz CT molecular complexity index is 2290. The zero-order valence-corrected chi connectivity index (χ0v) is 33.7. The second-order valence-corrected chi connectivity index (χ2v) is 15.3. The average Bonchev–Trinajstić information content (AvgIpc) is 4.07. The number of allylic oxidation sites excluding steroid dienone is 2. The maximum atomic E-state index is 13.9. The van der Waals surface area contributed by atoms with Gasteiger partial charge in [0.25, 0.3) is 5.91 Å². The maximum Gasteiger partial charge on any atom is 0.407 e. The highest BCUT2D eigenvalue weighted by atomic mass is 16.5. The summed E-state index contributed by atoms with van der Waals surface area (Å²) in [5, 5.41) is 8.30. The Kier molecular flexibility index (Phi) is 12.2. The van der Waals surface area contributed by atoms with Gasteiger partial charge >= 0.3 is 12.2 Å². The Morgan fingerprint density at radius 1 is 0.797 bits per heavy atom. The molecule has 306 valence electrons. The Balaban J connectivity index is 0.981. The molecule has 5 atom stereocenters. The molecule has 59 heavy (non-hydrogen) atoms. The Hall–Kier alpha value is -6.70. The van der Waals surface area contributed by atoms with Gasteiger partial charge in [0, 0.05) is 6.54 Å². The molecular weight excluding hydrogens is 749 g/mol. The number of methoxy groups -OCH3 is 2. The number of likely N-dealkylation sites (tertiary alicyclic amines) is 1. The number of nitrogens with zero attached hydrogens (tertiary/aromatic N) is 3. The van der Waals surface area contributed by atoms with Gasteiger partial charge in [-0.2, -0.15) is 0 Å². The molecule has 1 aliphatic carbocycles. The third kappa shape index (κ3) is 9.06. The number of ether oxygens (including phenoxy) is 2. The van der Waals surface area contributed by atoms with Crippen LogP contribution in [0.15, 0.2) is 103 Å². The molecule has 3 heterocycles. The number of hydrogen-bond acceptors (Lipinski definition) is 8. The summed E-state index contributed by atoms with van der Waals surface area (Å²) in [6, 6.07) is 24.3. The van der Waals surface area contributed by atoms with Gasteiger partial charge in [-0.1, -0.05) is 97.9 Å². The average molecular weight is 799 g/mol. The van der Waals surface area contributed by atoms with Crippen LogP contribution >= 0.6 is 0 Å². The number of aromatic nitrogens is 4. The van der Waals surface area contributed by atoms with Gasteiger partial charge in [-0.25, -0.2) is 19.6 Å². The highest BCUT2D eigenvalue weighted by Crippen LogP contribution is 2.41. The number of H-pyrrole nitrogens is 2. The molecule has 1 fully saturated rings. The van der Waals surface area contributed by atoms with Crippen molar-refractivity contribution >= 4 is 29.6 Å². The van der Waals surface area contributed by atoms with E-state index in [0.717, 1.165) is 49.1 Å². The lowest BCUT2D eigenvalue weighted by Crippen LogP contribution is -2.42. The number of hydrogen-bond donors (Lipinski definition) is 5. The highest BCUT2D eigenvalue weighted by molar-refractivity contribution is 5.88. The van der Waals surface area contributed by atoms with Crippen molar-refractivity contribution in [3.05, 3.63) is 137 Å². The van der Waals surface area contributed by atoms with Crippen molar-refractivity contribution in [2.75, 3.05) is 20.8 Å². The fourth-order valence-corrected chi connectivity index (χ4v) is 7.97. The minimum atomic E-state index is -0.928. The van der Waals surface area contributed by atoms with E-state index in [-0.39, 0.29) is 23.3 Å². The minimum absolute atomic E-state index is 0.0668. The molecule has 1 unspecified atom stereocenters. The first kappa shape index (κ1) is 40.5. The number of imidazole rings is 2. The third-order valence-electron chi connectivity index (χ3n) is 11.5. The topological polar surface area (TPSA) is 183 Å². The number of carbonyl (C=O) groups excluding carboxylic acids is 4. The summed E-state index contributed by atoms with van der Waals surface area (Å²) < 4.78 is 9.58. The first-order valence-corrected chi connectivity index (χ1v) is 19.9. The highest BCUT2D eigenvalue weighted by Gasteiger charge is 2.37. The van der Waals surface area contributed by atoms with E-state index >= 15 is 0 Å². The maximum absolute atomic E-state index is 13.9. The fourth-order valence-electron chi connectivity index (χ4n) is 7.97. The van der Waals surface area contributed by atoms with E-state index < -0.39 is 30.3 Å². The van der Waals surface area contributed by atoms with Crippen LogP contribution in [0.25, 0.3) is 16.8 Å². The quantitative estimate of drug-likeness (QED) is 0.0867. The van der Waals surface area contributed by atoms with Gasteiger partial charge in [-0.15, -0.1) is 0 Å². The molecule has 2 aliphatic rings. The van der Waals surface area contributed by atoms with E-state index in [4.69, 9.17) is 14.5 Å². The zero-order valence-electron chi connectivity index (χ0n) is 33.7. The van der Waals surface area contributed by atoms with E-state index in [0.29, 0.717) is 29.3 Å². The van der Waals surface area contributed by atoms with E-state index in [1.165, 1.54) is 25.4 Å². The SMILES string of the molecule is COC(=O)N[C@@H](C(=O)N[C@@H](C)c1ncc(C2=CCC(C)(c3ccc(-c4cnc([C@@H]5CCCN5C(=O)[C@H](NC(=O)OC)c5ccccc5)[nH]4)cc3)CC2)[nH]1)c1ccccc1. The molecule has 0 radical (unpaired) electrons. The molecule has 3 aromatic carbocycles. The molecule has 14 heteroatoms. The van der Waals surface area contributed by atoms with Gasteiger partial charge in [0.15, 0.2) is 0 Å². The summed E-state index contributed by atoms with van der Waals surface area (Å²) in [6.45, 7) is 4.69. The van der Waals surface area contributed by atoms with Gasteiger partial charge in [-0.3, -0.25) is 9.59 Å². The second kappa shape index (κ2) is 17.8. The van der Waals surface area contributed by atoms with Crippen LogP contribution in [0, 0.1) is 0 Å². The molecule has 0 saturated carbocycles. The van der Waals surface area contributed by atoms with Crippen LogP contribution < -0.4 is 16.0 Å². The lowest BCUT2D eigenvalue weighted by atomic mass is 9.71. The summed E-state index contributed by atoms with van der Waals surface area (Å²) in [5.41, 5.74) is 6.44. The van der Waals surface area contributed by atoms with Crippen molar-refractivity contribution < 1.29 is 28.7 Å². The van der Waals surface area contributed by atoms with Crippen LogP contribution in [0.2, 0.25) is 0 Å². The molecule has 7 rings (SSSR count). The smallest absolute Gasteiger partial charge is 0.407 e. The van der Waals surface area contributed by atoms with Crippen molar-refractivity contribution in [3.63, 3.8) is 0 Å². The van der Waals surface area contributed by atoms with Crippen LogP contribution in [-0.4, -0.2) is 69.6 Å². The Morgan fingerprint density at radius 2 is 1.42 bits per heavy atom. The molecule has 0 spiro atoms. The van der Waals surface area contributed by atoms with Crippen molar-refractivity contribution in [1.29, 1.82) is 0 Å². The zero-order chi connectivity index (χ0) is 41.5. The van der Waals surface area contributed by atoms with Crippen molar-refractivity contribution in [1.82, 2.24) is 40.8 Å². The summed E-state index contributed by atoms with van der Waals surface area (Å²) in [5.74, 6) is 0.737. The first-order chi connectivity index (χ1) is 28.6. The molecule has 1 aliphatic heterocycles. The van der Waals surface area contributed by atoms with Gasteiger partial charge in [0.2, 0.25) is 5.91 Å². The van der Waals surface area contributed by atoms with Gasteiger partial charge in [0.1, 0.15) is 23.7 Å². The number of benzene rings is 3. The Labute approximate surface area is 343 Å². The predicted molar refractivity (Wildman–Crippen MR) is 221 cm³/mol. The second-order valence-electron chi connectivity index (χ2n) is 15.3. The summed E-state index contributed by atoms with van der Waals surface area (Å²) in [7, 11) is 2.54. The molecule has 14 nitrogen and oxygen atoms in total. The van der Waals surface area contributed by atoms with Crippen LogP contribution in [0.4, 0.5) is 9.59 Å². The van der Waals surface area contributed by atoms with E-state index in [9.17, 15) is 19.2 Å². The van der Waals surface area contributed by atoms with Gasteiger partial charge in [0.05, 0.1) is 50.1 Å². The number of aromatic amines is 2. The van der Waals surface area contributed by atoms with E-state index in [1.54, 1.807) is 29.2 Å². The normalized spacial score (nSPS) is 19.2. The summed E-state index contributed by atoms with van der Waals surface area (Å²) in [6.07, 6.45) is 8.72. The molecule has 5 aromatic rings. The lowest BCUT2D eigenvalue weighted by molar-refractivity contribution is -0.134. The third-order valence-corrected chi connectivity index (χ3v) is 11.5. The molecular formula is C45H50N8O6. The lowest BCUT2D eigenvalue weighted by Gasteiger charge is -2.33. The number of amides is 4. The Morgan fingerprint density at radius 3 is 2.05 bits per heavy atom. The number of carbonyl (C=O) groups is 4. The minimum Gasteiger partial charge on any atom is -0.453 e. The number of alkyl carbamates (subject to hydrolysis) is 2. The van der Waals surface area contributed by atoms with Crippen molar-refractivity contribution in [3.8, 4) is 11.3 Å². The van der Waals surface area contributed by atoms with Gasteiger partial charge in [-0.05, 0) is 72.3 Å². The number of nitrogens with one attached hydrogen (secondary N) is 5. The van der Waals surface area contributed by atoms with E-state index in [1.807, 2.05) is 55.7 Å². The summed E-state index contributed by atoms with van der Waals surface area (Å²) in [4.78, 5) is 69.5. The molecule has 2 aromatic heterocycles. The van der Waals surface area contributed by atoms with Gasteiger partial charge < -0.3 is 40.3 Å². The molecule has 5 N–H and O–H groups in total. The summed E-state index contributed by atoms with van der Waals surface area (Å²) >= 11 is 0. The first-order valence-electron chi connectivity index (χ1n) is 19.9. The largest absolute Gasteiger partial charge is 0.453 e. The number of rotatable bonds is 12. The monoisotopic (exact) mass is 798 g/mol. The predicted octanol–water partition coefficient (Wildman–Crippen LogP) is 7.36. The van der Waals surface area contributed by atoms with Crippen LogP contribution in [-0.2, 0) is 24.5 Å². The molecule has 0 bridgehead atoms. The van der Waals surface area contributed by atoms with Crippen molar-refractivity contribution in [2.24, 2.45) is 0 Å². The molecule has 4 amide bonds. The van der Waals surface area contributed by atoms with Crippen molar-refractivity contribution in [2.45, 2.75) is 75.5 Å². The molecule has 1 saturated heterocycles. The van der Waals surface area contributed by atoms with E-state index in [2.05, 4.69) is 68.2 Å². The van der Waals surface area contributed by atoms with Crippen LogP contribution in [0.1, 0.15) is 104 Å². The van der Waals surface area contributed by atoms with Crippen LogP contribution in [0.5, 0.6) is 0 Å². The fraction of sp³-hybridized carbons (Fsp3) is 0.333. The van der Waals surface area contributed by atoms with Crippen LogP contribution in [0.3, 0.4) is 0 Å².